The van der Waals surface area contributed by atoms with E-state index in [0.717, 1.165) is 7.11 Å². The van der Waals surface area contributed by atoms with Gasteiger partial charge in [-0.25, -0.2) is 14.8 Å². The summed E-state index contributed by atoms with van der Waals surface area (Å²) in [5.41, 5.74) is -1.87. The van der Waals surface area contributed by atoms with Gasteiger partial charge in [0.25, 0.3) is 0 Å². The smallest absolute Gasteiger partial charge is 0.435 e. The molecule has 2 rings (SSSR count). The second-order valence-electron chi connectivity index (χ2n) is 4.06. The molecule has 0 N–H and O–H groups in total. The minimum Gasteiger partial charge on any atom is -0.464 e. The monoisotopic (exact) mass is 394 g/mol. The minimum absolute atomic E-state index is 0.0518. The van der Waals surface area contributed by atoms with Gasteiger partial charge in [0.15, 0.2) is 11.4 Å². The predicted octanol–water partition coefficient (Wildman–Crippen LogP) is 4.36. The van der Waals surface area contributed by atoms with Gasteiger partial charge in [0.05, 0.1) is 7.11 Å². The molecule has 22 heavy (non-hydrogen) atoms. The maximum absolute atomic E-state index is 13.0. The van der Waals surface area contributed by atoms with Crippen LogP contribution in [0.4, 0.5) is 13.2 Å². The summed E-state index contributed by atoms with van der Waals surface area (Å²) in [4.78, 5) is 18.7. The van der Waals surface area contributed by atoms with Crippen LogP contribution >= 0.6 is 27.5 Å². The summed E-state index contributed by atoms with van der Waals surface area (Å²) in [6.45, 7) is 0. The third-order valence-electron chi connectivity index (χ3n) is 2.60. The third-order valence-corrected chi connectivity index (χ3v) is 3.39. The summed E-state index contributed by atoms with van der Waals surface area (Å²) in [6, 6.07) is 6.26. The highest BCUT2D eigenvalue weighted by Crippen LogP contribution is 2.34. The molecule has 0 amide bonds. The largest absolute Gasteiger partial charge is 0.464 e. The molecular formula is C13H7BrClF3N2O2. The van der Waals surface area contributed by atoms with E-state index in [1.54, 1.807) is 18.2 Å². The number of alkyl halides is 3. The van der Waals surface area contributed by atoms with E-state index in [2.05, 4.69) is 30.6 Å². The van der Waals surface area contributed by atoms with Crippen LogP contribution in [0.25, 0.3) is 11.3 Å². The zero-order valence-electron chi connectivity index (χ0n) is 10.9. The van der Waals surface area contributed by atoms with Crippen molar-refractivity contribution >= 4 is 33.5 Å². The molecule has 0 aliphatic carbocycles. The lowest BCUT2D eigenvalue weighted by atomic mass is 10.1. The third kappa shape index (κ3) is 3.38. The number of nitrogens with zero attached hydrogens (tertiary/aromatic N) is 2. The molecule has 0 saturated heterocycles. The van der Waals surface area contributed by atoms with E-state index in [1.807, 2.05) is 0 Å². The number of hydrogen-bond donors (Lipinski definition) is 0. The van der Waals surface area contributed by atoms with Crippen LogP contribution in [-0.4, -0.2) is 23.0 Å². The fourth-order valence-corrected chi connectivity index (χ4v) is 2.36. The molecule has 0 aliphatic heterocycles. The molecule has 0 spiro atoms. The van der Waals surface area contributed by atoms with Gasteiger partial charge in [0.2, 0.25) is 0 Å². The molecule has 0 atom stereocenters. The number of aromatic nitrogens is 2. The molecule has 1 aromatic carbocycles. The number of esters is 1. The van der Waals surface area contributed by atoms with Crippen molar-refractivity contribution in [3.8, 4) is 11.3 Å². The number of ether oxygens (including phenoxy) is 1. The van der Waals surface area contributed by atoms with E-state index in [-0.39, 0.29) is 10.3 Å². The number of rotatable bonds is 2. The van der Waals surface area contributed by atoms with Gasteiger partial charge in [-0.15, -0.1) is 0 Å². The zero-order valence-corrected chi connectivity index (χ0v) is 13.3. The first kappa shape index (κ1) is 16.7. The van der Waals surface area contributed by atoms with Crippen molar-refractivity contribution in [3.63, 3.8) is 0 Å². The molecule has 0 radical (unpaired) electrons. The molecule has 0 unspecified atom stereocenters. The topological polar surface area (TPSA) is 52.1 Å². The maximum Gasteiger partial charge on any atom is 0.435 e. The summed E-state index contributed by atoms with van der Waals surface area (Å²) in [5, 5.41) is 0.366. The van der Waals surface area contributed by atoms with Crippen molar-refractivity contribution in [2.45, 2.75) is 6.18 Å². The molecule has 116 valence electrons. The lowest BCUT2D eigenvalue weighted by Crippen LogP contribution is -2.19. The number of carbonyl (C=O) groups is 1. The highest BCUT2D eigenvalue weighted by atomic mass is 79.9. The molecule has 2 aromatic rings. The first-order chi connectivity index (χ1) is 10.2. The Morgan fingerprint density at radius 2 is 2.00 bits per heavy atom. The molecule has 0 saturated carbocycles. The van der Waals surface area contributed by atoms with Gasteiger partial charge in [-0.05, 0) is 28.1 Å². The Morgan fingerprint density at radius 1 is 1.32 bits per heavy atom. The average Bonchev–Trinajstić information content (AvgIpc) is 2.45. The van der Waals surface area contributed by atoms with Crippen LogP contribution in [0.5, 0.6) is 0 Å². The fraction of sp³-hybridized carbons (Fsp3) is 0.154. The molecule has 9 heteroatoms. The second-order valence-corrected chi connectivity index (χ2v) is 5.25. The quantitative estimate of drug-likeness (QED) is 0.709. The van der Waals surface area contributed by atoms with Gasteiger partial charge in [-0.2, -0.15) is 13.2 Å². The van der Waals surface area contributed by atoms with Gasteiger partial charge in [-0.1, -0.05) is 23.7 Å². The van der Waals surface area contributed by atoms with Crippen molar-refractivity contribution in [1.82, 2.24) is 9.97 Å². The van der Waals surface area contributed by atoms with Gasteiger partial charge in [0.1, 0.15) is 10.3 Å². The average molecular weight is 396 g/mol. The highest BCUT2D eigenvalue weighted by molar-refractivity contribution is 9.10. The molecule has 0 bridgehead atoms. The summed E-state index contributed by atoms with van der Waals surface area (Å²) >= 11 is 8.78. The van der Waals surface area contributed by atoms with Crippen LogP contribution in [0, 0.1) is 0 Å². The van der Waals surface area contributed by atoms with Gasteiger partial charge >= 0.3 is 12.1 Å². The van der Waals surface area contributed by atoms with Crippen LogP contribution in [-0.2, 0) is 10.9 Å². The molecule has 4 nitrogen and oxygen atoms in total. The Labute approximate surface area is 136 Å². The Balaban J connectivity index is 2.70. The predicted molar refractivity (Wildman–Crippen MR) is 76.5 cm³/mol. The highest BCUT2D eigenvalue weighted by Gasteiger charge is 2.39. The Kier molecular flexibility index (Phi) is 4.72. The first-order valence-corrected chi connectivity index (χ1v) is 6.90. The zero-order chi connectivity index (χ0) is 16.5. The van der Waals surface area contributed by atoms with Crippen LogP contribution in [0.2, 0.25) is 5.02 Å². The van der Waals surface area contributed by atoms with Crippen molar-refractivity contribution in [3.05, 3.63) is 45.3 Å². The number of benzene rings is 1. The summed E-state index contributed by atoms with van der Waals surface area (Å²) in [7, 11) is 0.964. The van der Waals surface area contributed by atoms with E-state index < -0.39 is 23.5 Å². The van der Waals surface area contributed by atoms with Gasteiger partial charge in [0, 0.05) is 10.6 Å². The van der Waals surface area contributed by atoms with Crippen LogP contribution in [0.1, 0.15) is 16.2 Å². The van der Waals surface area contributed by atoms with Crippen LogP contribution in [0.15, 0.2) is 28.9 Å². The number of hydrogen-bond acceptors (Lipinski definition) is 4. The number of carbonyl (C=O) groups excluding carboxylic acids is 1. The standard InChI is InChI=1S/C13H7BrClF3N2O2/c1-22-12(21)9-10(13(16,17)18)20-11(14)8(19-9)6-3-2-4-7(15)5-6/h2-5H,1H3. The summed E-state index contributed by atoms with van der Waals surface area (Å²) in [6.07, 6.45) is -4.84. The van der Waals surface area contributed by atoms with Crippen LogP contribution in [0.3, 0.4) is 0 Å². The second kappa shape index (κ2) is 6.21. The SMILES string of the molecule is COC(=O)c1nc(-c2cccc(Cl)c2)c(Br)nc1C(F)(F)F. The number of methoxy groups -OCH3 is 1. The van der Waals surface area contributed by atoms with E-state index in [1.165, 1.54) is 6.07 Å². The lowest BCUT2D eigenvalue weighted by molar-refractivity contribution is -0.142. The van der Waals surface area contributed by atoms with Crippen molar-refractivity contribution < 1.29 is 22.7 Å². The Hall–Kier alpha value is -1.67. The van der Waals surface area contributed by atoms with E-state index in [4.69, 9.17) is 11.6 Å². The fourth-order valence-electron chi connectivity index (χ4n) is 1.67. The van der Waals surface area contributed by atoms with Crippen molar-refractivity contribution in [2.75, 3.05) is 7.11 Å². The molecule has 0 aliphatic rings. The first-order valence-electron chi connectivity index (χ1n) is 5.73. The lowest BCUT2D eigenvalue weighted by Gasteiger charge is -2.13. The van der Waals surface area contributed by atoms with Gasteiger partial charge < -0.3 is 4.74 Å². The Morgan fingerprint density at radius 3 is 2.55 bits per heavy atom. The molecule has 1 aromatic heterocycles. The van der Waals surface area contributed by atoms with Crippen molar-refractivity contribution in [1.29, 1.82) is 0 Å². The summed E-state index contributed by atoms with van der Waals surface area (Å²) in [5.74, 6) is -1.23. The Bertz CT molecular complexity index is 738. The van der Waals surface area contributed by atoms with E-state index in [9.17, 15) is 18.0 Å². The normalized spacial score (nSPS) is 11.4. The van der Waals surface area contributed by atoms with E-state index in [0.29, 0.717) is 10.6 Å². The van der Waals surface area contributed by atoms with Crippen molar-refractivity contribution in [2.24, 2.45) is 0 Å². The number of halogens is 5. The maximum atomic E-state index is 13.0. The summed E-state index contributed by atoms with van der Waals surface area (Å²) < 4.78 is 43.1. The van der Waals surface area contributed by atoms with Gasteiger partial charge in [-0.3, -0.25) is 0 Å². The molecular weight excluding hydrogens is 389 g/mol. The molecule has 0 fully saturated rings. The minimum atomic E-state index is -4.84. The van der Waals surface area contributed by atoms with Crippen LogP contribution < -0.4 is 0 Å². The van der Waals surface area contributed by atoms with E-state index >= 15 is 0 Å². The molecule has 1 heterocycles.